The smallest absolute Gasteiger partial charge is 0.133 e. The normalized spacial score (nSPS) is 10.6. The number of hydrogen-bond acceptors (Lipinski definition) is 1. The minimum Gasteiger partial charge on any atom is -0.300 e. The minimum atomic E-state index is 0.308. The molecule has 0 aliphatic rings. The number of halogens is 2. The van der Waals surface area contributed by atoms with Crippen LogP contribution in [0.3, 0.4) is 0 Å². The number of aryl methyl sites for hydroxylation is 2. The Morgan fingerprint density at radius 1 is 0.636 bits per heavy atom. The third kappa shape index (κ3) is 5.47. The summed E-state index contributed by atoms with van der Waals surface area (Å²) in [5, 5.41) is 0. The molecule has 2 aromatic rings. The van der Waals surface area contributed by atoms with Gasteiger partial charge in [0.2, 0.25) is 0 Å². The van der Waals surface area contributed by atoms with Crippen molar-refractivity contribution in [2.75, 3.05) is 0 Å². The molecule has 0 saturated carbocycles. The van der Waals surface area contributed by atoms with Crippen molar-refractivity contribution in [3.63, 3.8) is 0 Å². The molecule has 0 aliphatic carbocycles. The van der Waals surface area contributed by atoms with Crippen LogP contribution >= 0.6 is 23.2 Å². The van der Waals surface area contributed by atoms with Crippen LogP contribution in [0.5, 0.6) is 0 Å². The van der Waals surface area contributed by atoms with Crippen molar-refractivity contribution in [1.82, 2.24) is 0 Å². The van der Waals surface area contributed by atoms with Gasteiger partial charge in [-0.25, -0.2) is 0 Å². The largest absolute Gasteiger partial charge is 0.300 e. The van der Waals surface area contributed by atoms with Crippen LogP contribution in [0, 0.1) is 0 Å². The van der Waals surface area contributed by atoms with Gasteiger partial charge < -0.3 is 0 Å². The van der Waals surface area contributed by atoms with E-state index in [-0.39, 0.29) is 0 Å². The molecule has 1 nitrogen and oxygen atoms in total. The maximum absolute atomic E-state index is 12.0. The van der Waals surface area contributed by atoms with E-state index in [1.54, 1.807) is 0 Å². The Balaban J connectivity index is 1.74. The molecular formula is C19H20Cl2O. The molecule has 116 valence electrons. The monoisotopic (exact) mass is 334 g/mol. The van der Waals surface area contributed by atoms with Crippen molar-refractivity contribution in [3.8, 4) is 0 Å². The minimum absolute atomic E-state index is 0.308. The van der Waals surface area contributed by atoms with Crippen LogP contribution in [-0.4, -0.2) is 5.78 Å². The number of Topliss-reactive ketones (excluding diaryl/α,β-unsaturated/α-hetero) is 1. The number of alkyl halides is 2. The average molecular weight is 335 g/mol. The standard InChI is InChI=1S/C19H20Cl2O/c20-13-17-5-1-15(2-6-17)9-11-19(22)12-10-16-3-7-18(14-21)8-4-16/h1-8H,9-14H2. The molecule has 0 heterocycles. The summed E-state index contributed by atoms with van der Waals surface area (Å²) in [6.45, 7) is 0. The molecule has 22 heavy (non-hydrogen) atoms. The fourth-order valence-corrected chi connectivity index (χ4v) is 2.64. The topological polar surface area (TPSA) is 17.1 Å². The number of benzene rings is 2. The molecule has 0 amide bonds. The average Bonchev–Trinajstić information content (AvgIpc) is 2.59. The molecule has 0 unspecified atom stereocenters. The van der Waals surface area contributed by atoms with E-state index >= 15 is 0 Å². The molecule has 0 N–H and O–H groups in total. The van der Waals surface area contributed by atoms with E-state index in [0.29, 0.717) is 30.4 Å². The summed E-state index contributed by atoms with van der Waals surface area (Å²) in [5.41, 5.74) is 4.59. The number of carbonyl (C=O) groups is 1. The van der Waals surface area contributed by atoms with Gasteiger partial charge >= 0.3 is 0 Å². The predicted molar refractivity (Wildman–Crippen MR) is 93.6 cm³/mol. The molecule has 0 radical (unpaired) electrons. The lowest BCUT2D eigenvalue weighted by Gasteiger charge is -2.04. The second kappa shape index (κ2) is 8.97. The molecular weight excluding hydrogens is 315 g/mol. The highest BCUT2D eigenvalue weighted by molar-refractivity contribution is 6.17. The molecule has 2 aromatic carbocycles. The maximum atomic E-state index is 12.0. The zero-order valence-corrected chi connectivity index (χ0v) is 14.0. The molecule has 2 rings (SSSR count). The Bertz CT molecular complexity index is 534. The summed E-state index contributed by atoms with van der Waals surface area (Å²) in [7, 11) is 0. The quantitative estimate of drug-likeness (QED) is 0.598. The summed E-state index contributed by atoms with van der Waals surface area (Å²) in [4.78, 5) is 12.0. The van der Waals surface area contributed by atoms with Gasteiger partial charge in [-0.15, -0.1) is 23.2 Å². The van der Waals surface area contributed by atoms with Gasteiger partial charge in [-0.1, -0.05) is 48.5 Å². The van der Waals surface area contributed by atoms with Crippen LogP contribution in [0.1, 0.15) is 35.1 Å². The third-order valence-electron chi connectivity index (χ3n) is 3.74. The predicted octanol–water partition coefficient (Wildman–Crippen LogP) is 5.30. The van der Waals surface area contributed by atoms with Crippen molar-refractivity contribution in [2.24, 2.45) is 0 Å². The van der Waals surface area contributed by atoms with Crippen LogP contribution in [0.15, 0.2) is 48.5 Å². The molecule has 0 bridgehead atoms. The fraction of sp³-hybridized carbons (Fsp3) is 0.316. The van der Waals surface area contributed by atoms with E-state index in [1.165, 1.54) is 11.1 Å². The fourth-order valence-electron chi connectivity index (χ4n) is 2.28. The second-order valence-corrected chi connectivity index (χ2v) is 5.97. The molecule has 0 spiro atoms. The Morgan fingerprint density at radius 3 is 1.27 bits per heavy atom. The first-order chi connectivity index (χ1) is 10.7. The highest BCUT2D eigenvalue weighted by Gasteiger charge is 2.04. The van der Waals surface area contributed by atoms with Crippen molar-refractivity contribution in [3.05, 3.63) is 70.8 Å². The van der Waals surface area contributed by atoms with Gasteiger partial charge in [0.1, 0.15) is 5.78 Å². The Hall–Kier alpha value is -1.31. The SMILES string of the molecule is O=C(CCc1ccc(CCl)cc1)CCc1ccc(CCl)cc1. The van der Waals surface area contributed by atoms with E-state index in [2.05, 4.69) is 24.3 Å². The van der Waals surface area contributed by atoms with Crippen LogP contribution in [0.4, 0.5) is 0 Å². The van der Waals surface area contributed by atoms with Gasteiger partial charge in [0.15, 0.2) is 0 Å². The van der Waals surface area contributed by atoms with Crippen LogP contribution in [0.25, 0.3) is 0 Å². The van der Waals surface area contributed by atoms with E-state index in [9.17, 15) is 4.79 Å². The lowest BCUT2D eigenvalue weighted by molar-refractivity contribution is -0.119. The molecule has 3 heteroatoms. The van der Waals surface area contributed by atoms with Gasteiger partial charge in [0, 0.05) is 24.6 Å². The first-order valence-corrected chi connectivity index (χ1v) is 8.57. The van der Waals surface area contributed by atoms with E-state index in [1.807, 2.05) is 24.3 Å². The van der Waals surface area contributed by atoms with E-state index in [4.69, 9.17) is 23.2 Å². The van der Waals surface area contributed by atoms with Crippen LogP contribution in [-0.2, 0) is 29.4 Å². The first kappa shape index (κ1) is 17.1. The van der Waals surface area contributed by atoms with E-state index in [0.717, 1.165) is 24.0 Å². The lowest BCUT2D eigenvalue weighted by atomic mass is 10.0. The summed E-state index contributed by atoms with van der Waals surface area (Å²) < 4.78 is 0. The Morgan fingerprint density at radius 2 is 0.955 bits per heavy atom. The van der Waals surface area contributed by atoms with E-state index < -0.39 is 0 Å². The molecule has 0 aliphatic heterocycles. The van der Waals surface area contributed by atoms with Gasteiger partial charge in [-0.05, 0) is 35.1 Å². The van der Waals surface area contributed by atoms with Gasteiger partial charge in [0.05, 0.1) is 0 Å². The number of rotatable bonds is 8. The number of ketones is 1. The summed E-state index contributed by atoms with van der Waals surface area (Å²) in [6.07, 6.45) is 2.79. The maximum Gasteiger partial charge on any atom is 0.133 e. The summed E-state index contributed by atoms with van der Waals surface area (Å²) >= 11 is 11.5. The Labute approximate surface area is 142 Å². The molecule has 0 fully saturated rings. The van der Waals surface area contributed by atoms with Crippen LogP contribution in [0.2, 0.25) is 0 Å². The Kier molecular flexibility index (Phi) is 6.95. The third-order valence-corrected chi connectivity index (χ3v) is 4.36. The van der Waals surface area contributed by atoms with Gasteiger partial charge in [-0.2, -0.15) is 0 Å². The highest BCUT2D eigenvalue weighted by atomic mass is 35.5. The zero-order chi connectivity index (χ0) is 15.8. The zero-order valence-electron chi connectivity index (χ0n) is 12.5. The van der Waals surface area contributed by atoms with Gasteiger partial charge in [-0.3, -0.25) is 4.79 Å². The second-order valence-electron chi connectivity index (χ2n) is 5.44. The van der Waals surface area contributed by atoms with Gasteiger partial charge in [0.25, 0.3) is 0 Å². The number of carbonyl (C=O) groups excluding carboxylic acids is 1. The first-order valence-electron chi connectivity index (χ1n) is 7.50. The van der Waals surface area contributed by atoms with Crippen molar-refractivity contribution < 1.29 is 4.79 Å². The molecule has 0 atom stereocenters. The number of hydrogen-bond donors (Lipinski definition) is 0. The van der Waals surface area contributed by atoms with Crippen molar-refractivity contribution >= 4 is 29.0 Å². The van der Waals surface area contributed by atoms with Crippen molar-refractivity contribution in [2.45, 2.75) is 37.4 Å². The summed E-state index contributed by atoms with van der Waals surface area (Å²) in [6, 6.07) is 16.3. The van der Waals surface area contributed by atoms with Crippen LogP contribution < -0.4 is 0 Å². The molecule has 0 saturated heterocycles. The highest BCUT2D eigenvalue weighted by Crippen LogP contribution is 2.12. The molecule has 0 aromatic heterocycles. The summed E-state index contributed by atoms with van der Waals surface area (Å²) in [5.74, 6) is 1.37. The van der Waals surface area contributed by atoms with Crippen molar-refractivity contribution in [1.29, 1.82) is 0 Å². The lowest BCUT2D eigenvalue weighted by Crippen LogP contribution is -2.02.